The van der Waals surface area contributed by atoms with Crippen LogP contribution in [0.1, 0.15) is 34.6 Å². The highest BCUT2D eigenvalue weighted by molar-refractivity contribution is 8.45. The molecule has 0 unspecified atom stereocenters. The van der Waals surface area contributed by atoms with E-state index >= 15 is 0 Å². The van der Waals surface area contributed by atoms with Crippen LogP contribution in [0.4, 0.5) is 0 Å². The van der Waals surface area contributed by atoms with Crippen LogP contribution in [0.15, 0.2) is 0 Å². The molecule has 0 aromatic carbocycles. The summed E-state index contributed by atoms with van der Waals surface area (Å²) in [7, 11) is -5.62. The van der Waals surface area contributed by atoms with Crippen LogP contribution in [0.2, 0.25) is 0 Å². The van der Waals surface area contributed by atoms with Gasteiger partial charge >= 0.3 is 0 Å². The van der Waals surface area contributed by atoms with Crippen LogP contribution >= 0.6 is 48.3 Å². The summed E-state index contributed by atoms with van der Waals surface area (Å²) >= 11 is 0. The molecule has 0 rings (SSSR count). The second-order valence-corrected chi connectivity index (χ2v) is 31.9. The Kier molecular flexibility index (Phi) is 10.9. The molecule has 0 amide bonds. The largest absolute Gasteiger partial charge is 0.236 e. The van der Waals surface area contributed by atoms with Gasteiger partial charge in [0, 0.05) is 0 Å². The van der Waals surface area contributed by atoms with Crippen molar-refractivity contribution in [2.24, 2.45) is 0 Å². The third-order valence-electron chi connectivity index (χ3n) is 4.86. The Morgan fingerprint density at radius 3 is 0.966 bits per heavy atom. The van der Waals surface area contributed by atoms with Crippen LogP contribution in [0, 0.1) is 0 Å². The van der Waals surface area contributed by atoms with Crippen LogP contribution in [0.5, 0.6) is 0 Å². The maximum Gasteiger partial charge on any atom is 0.236 e. The first-order valence-electron chi connectivity index (χ1n) is 10.4. The lowest BCUT2D eigenvalue weighted by Crippen LogP contribution is -2.53. The quantitative estimate of drug-likeness (QED) is 0.217. The molecule has 184 valence electrons. The van der Waals surface area contributed by atoms with Gasteiger partial charge in [-0.3, -0.25) is 0 Å². The highest BCUT2D eigenvalue weighted by Crippen LogP contribution is 2.81. The SMILES string of the molecule is CCO[P+](C(C)C)(C(C)C)C(N(S(C)(C)C)S(C)(C)C)N(S(C)(C)C)S(C)(C)C. The third kappa shape index (κ3) is 7.35. The van der Waals surface area contributed by atoms with E-state index in [4.69, 9.17) is 4.52 Å². The summed E-state index contributed by atoms with van der Waals surface area (Å²) in [5.74, 6) is 0.373. The first-order valence-corrected chi connectivity index (χ1v) is 23.6. The Morgan fingerprint density at radius 2 is 0.828 bits per heavy atom. The number of hydrogen-bond acceptors (Lipinski definition) is 3. The Labute approximate surface area is 193 Å². The normalized spacial score (nSPS) is 17.7. The van der Waals surface area contributed by atoms with E-state index in [0.29, 0.717) is 17.2 Å². The first-order chi connectivity index (χ1) is 12.6. The summed E-state index contributed by atoms with van der Waals surface area (Å²) in [5.41, 5.74) is 1.06. The summed E-state index contributed by atoms with van der Waals surface area (Å²) in [4.78, 5) is 0. The molecule has 0 aliphatic carbocycles. The molecule has 0 atom stereocenters. The lowest BCUT2D eigenvalue weighted by molar-refractivity contribution is 0.321. The predicted octanol–water partition coefficient (Wildman–Crippen LogP) is 7.10. The van der Waals surface area contributed by atoms with E-state index in [-0.39, 0.29) is 0 Å². The molecule has 8 heteroatoms. The van der Waals surface area contributed by atoms with Gasteiger partial charge in [0.15, 0.2) is 7.49 Å². The maximum absolute atomic E-state index is 7.04. The van der Waals surface area contributed by atoms with E-state index in [2.05, 4.69) is 117 Å². The molecule has 0 saturated heterocycles. The summed E-state index contributed by atoms with van der Waals surface area (Å²) in [5, 5.41) is 0. The molecule has 0 aliphatic heterocycles. The van der Waals surface area contributed by atoms with E-state index in [1.54, 1.807) is 0 Å². The van der Waals surface area contributed by atoms with Crippen molar-refractivity contribution in [1.29, 1.82) is 0 Å². The molecule has 0 heterocycles. The molecule has 29 heavy (non-hydrogen) atoms. The van der Waals surface area contributed by atoms with Crippen LogP contribution in [-0.4, -0.2) is 106 Å². The second-order valence-electron chi connectivity index (χ2n) is 11.4. The molecule has 0 radical (unpaired) electrons. The first kappa shape index (κ1) is 30.7. The van der Waals surface area contributed by atoms with Gasteiger partial charge in [0.25, 0.3) is 0 Å². The minimum absolute atomic E-state index is 0.373. The van der Waals surface area contributed by atoms with E-state index in [1.165, 1.54) is 0 Å². The second kappa shape index (κ2) is 10.3. The van der Waals surface area contributed by atoms with Crippen LogP contribution in [-0.2, 0) is 4.52 Å². The van der Waals surface area contributed by atoms with Gasteiger partial charge in [0.05, 0.1) is 17.9 Å². The van der Waals surface area contributed by atoms with Crippen molar-refractivity contribution in [1.82, 2.24) is 7.42 Å². The molecule has 0 bridgehead atoms. The number of hydrogen-bond donors (Lipinski definition) is 0. The predicted molar refractivity (Wildman–Crippen MR) is 158 cm³/mol. The van der Waals surface area contributed by atoms with Gasteiger partial charge in [-0.25, -0.2) is 4.52 Å². The molecule has 0 spiro atoms. The van der Waals surface area contributed by atoms with Crippen LogP contribution < -0.4 is 0 Å². The van der Waals surface area contributed by atoms with Crippen molar-refractivity contribution in [2.45, 2.75) is 51.8 Å². The maximum atomic E-state index is 7.04. The summed E-state index contributed by atoms with van der Waals surface area (Å²) in [6, 6.07) is 0. The molecule has 0 saturated carbocycles. The molecular formula is C21H56N2OPS4+. The van der Waals surface area contributed by atoms with Crippen molar-refractivity contribution in [2.75, 3.05) is 81.7 Å². The molecular weight excluding hydrogens is 455 g/mol. The van der Waals surface area contributed by atoms with Crippen molar-refractivity contribution in [3.05, 3.63) is 0 Å². The van der Waals surface area contributed by atoms with Gasteiger partial charge in [0.2, 0.25) is 5.91 Å². The summed E-state index contributed by atoms with van der Waals surface area (Å²) in [6.07, 6.45) is 29.9. The Morgan fingerprint density at radius 1 is 0.586 bits per heavy atom. The Balaban J connectivity index is 7.49. The van der Waals surface area contributed by atoms with Gasteiger partial charge in [0.1, 0.15) is 0 Å². The molecule has 0 aliphatic rings. The lowest BCUT2D eigenvalue weighted by Gasteiger charge is -2.64. The number of rotatable bonds is 11. The van der Waals surface area contributed by atoms with Crippen molar-refractivity contribution in [3.63, 3.8) is 0 Å². The van der Waals surface area contributed by atoms with Crippen molar-refractivity contribution >= 4 is 48.3 Å². The minimum Gasteiger partial charge on any atom is -0.235 e. The lowest BCUT2D eigenvalue weighted by atomic mass is 10.5. The average Bonchev–Trinajstić information content (AvgIpc) is 2.36. The van der Waals surface area contributed by atoms with E-state index in [9.17, 15) is 0 Å². The van der Waals surface area contributed by atoms with Crippen molar-refractivity contribution < 1.29 is 4.52 Å². The summed E-state index contributed by atoms with van der Waals surface area (Å²) < 4.78 is 13.0. The van der Waals surface area contributed by atoms with E-state index in [0.717, 1.165) is 6.61 Å². The molecule has 3 nitrogen and oxygen atoms in total. The molecule has 0 aromatic rings. The highest BCUT2D eigenvalue weighted by Gasteiger charge is 2.63. The zero-order valence-corrected chi connectivity index (χ0v) is 27.0. The topological polar surface area (TPSA) is 15.7 Å². The standard InChI is InChI=1S/C21H56N2OPS4/c1-18-24-25(19(2)3,20(4)5)21(22(26(6,7)8)27(9,10)11)23(28(12,13)14)29(15,16)17/h19-21H,18H2,1-17H3/q+1. The number of nitrogens with zero attached hydrogens (tertiary/aromatic N) is 2. The Bertz CT molecular complexity index is 449. The summed E-state index contributed by atoms with van der Waals surface area (Å²) in [6.45, 7) is 12.7. The minimum atomic E-state index is -1.81. The fourth-order valence-corrected chi connectivity index (χ4v) is 27.4. The zero-order chi connectivity index (χ0) is 23.8. The highest BCUT2D eigenvalue weighted by atomic mass is 32.3. The van der Waals surface area contributed by atoms with Crippen LogP contribution in [0.25, 0.3) is 0 Å². The zero-order valence-electron chi connectivity index (χ0n) is 22.8. The molecule has 0 N–H and O–H groups in total. The van der Waals surface area contributed by atoms with Gasteiger partial charge in [-0.05, 0) is 110 Å². The fraction of sp³-hybridized carbons (Fsp3) is 1.00. The van der Waals surface area contributed by atoms with Crippen molar-refractivity contribution in [3.8, 4) is 0 Å². The Hall–Kier alpha value is 1.71. The van der Waals surface area contributed by atoms with Crippen LogP contribution in [0.3, 0.4) is 0 Å². The molecule has 0 aromatic heterocycles. The van der Waals surface area contributed by atoms with Gasteiger partial charge < -0.3 is 0 Å². The van der Waals surface area contributed by atoms with E-state index in [1.807, 2.05) is 0 Å². The van der Waals surface area contributed by atoms with E-state index < -0.39 is 48.3 Å². The third-order valence-corrected chi connectivity index (χ3v) is 21.1. The van der Waals surface area contributed by atoms with Gasteiger partial charge in [-0.1, -0.05) is 0 Å². The average molecular weight is 512 g/mol. The van der Waals surface area contributed by atoms with Gasteiger partial charge in [-0.2, -0.15) is 48.3 Å². The molecule has 0 fully saturated rings. The monoisotopic (exact) mass is 511 g/mol. The van der Waals surface area contributed by atoms with Gasteiger partial charge in [-0.15, -0.1) is 0 Å². The fourth-order valence-electron chi connectivity index (χ4n) is 4.56. The smallest absolute Gasteiger partial charge is 0.235 e.